The largest absolute Gasteiger partial charge is 0.468 e. The molecule has 0 spiro atoms. The number of carbonyl (C=O) groups excluding carboxylic acids is 2. The van der Waals surface area contributed by atoms with Gasteiger partial charge in [-0.25, -0.2) is 0 Å². The highest BCUT2D eigenvalue weighted by Gasteiger charge is 2.20. The first-order valence-electron chi connectivity index (χ1n) is 5.62. The lowest BCUT2D eigenvalue weighted by Gasteiger charge is -2.10. The number of nitro groups is 1. The van der Waals surface area contributed by atoms with E-state index in [1.165, 1.54) is 32.2 Å². The monoisotopic (exact) mass is 300 g/mol. The van der Waals surface area contributed by atoms with Crippen LogP contribution in [0.1, 0.15) is 15.9 Å². The van der Waals surface area contributed by atoms with Crippen molar-refractivity contribution in [2.75, 3.05) is 13.7 Å². The topological polar surface area (TPSA) is 98.5 Å². The highest BCUT2D eigenvalue weighted by molar-refractivity contribution is 6.30. The molecule has 1 amide bonds. The normalized spacial score (nSPS) is 11.6. The minimum Gasteiger partial charge on any atom is -0.468 e. The van der Waals surface area contributed by atoms with E-state index < -0.39 is 22.2 Å². The summed E-state index contributed by atoms with van der Waals surface area (Å²) < 4.78 is 4.41. The average molecular weight is 301 g/mol. The van der Waals surface area contributed by atoms with Crippen molar-refractivity contribution in [2.45, 2.75) is 12.3 Å². The SMILES string of the molecule is COC(=O)C(Cl)CNC(=O)c1cccc([N+](=O)[O-])c1C. The van der Waals surface area contributed by atoms with Gasteiger partial charge < -0.3 is 10.1 Å². The van der Waals surface area contributed by atoms with Crippen LogP contribution in [0.2, 0.25) is 0 Å². The third kappa shape index (κ3) is 3.67. The van der Waals surface area contributed by atoms with Gasteiger partial charge in [-0.3, -0.25) is 19.7 Å². The molecule has 1 rings (SSSR count). The number of halogens is 1. The second-order valence-corrected chi connectivity index (χ2v) is 4.43. The zero-order chi connectivity index (χ0) is 15.3. The number of nitrogens with one attached hydrogen (secondary N) is 1. The third-order valence-electron chi connectivity index (χ3n) is 2.65. The molecule has 0 aliphatic heterocycles. The molecule has 8 heteroatoms. The maximum atomic E-state index is 11.9. The summed E-state index contributed by atoms with van der Waals surface area (Å²) in [5.74, 6) is -1.21. The van der Waals surface area contributed by atoms with Crippen LogP contribution in [0, 0.1) is 17.0 Å². The lowest BCUT2D eigenvalue weighted by atomic mass is 10.1. The van der Waals surface area contributed by atoms with Crippen molar-refractivity contribution in [3.05, 3.63) is 39.4 Å². The number of benzene rings is 1. The Morgan fingerprint density at radius 2 is 2.15 bits per heavy atom. The summed E-state index contributed by atoms with van der Waals surface area (Å²) in [6.07, 6.45) is 0. The number of alkyl halides is 1. The number of carbonyl (C=O) groups is 2. The summed E-state index contributed by atoms with van der Waals surface area (Å²) in [6.45, 7) is 1.35. The van der Waals surface area contributed by atoms with Crippen molar-refractivity contribution in [3.8, 4) is 0 Å². The molecule has 0 aromatic heterocycles. The average Bonchev–Trinajstić information content (AvgIpc) is 2.43. The van der Waals surface area contributed by atoms with E-state index in [1.807, 2.05) is 0 Å². The molecule has 0 fully saturated rings. The molecule has 0 bridgehead atoms. The molecule has 0 heterocycles. The van der Waals surface area contributed by atoms with E-state index in [1.54, 1.807) is 0 Å². The van der Waals surface area contributed by atoms with Crippen LogP contribution in [-0.2, 0) is 9.53 Å². The number of methoxy groups -OCH3 is 1. The van der Waals surface area contributed by atoms with Gasteiger partial charge in [0.05, 0.1) is 12.0 Å². The van der Waals surface area contributed by atoms with Crippen LogP contribution in [0.5, 0.6) is 0 Å². The minimum atomic E-state index is -1.01. The molecule has 1 aromatic rings. The van der Waals surface area contributed by atoms with E-state index in [2.05, 4.69) is 10.1 Å². The standard InChI is InChI=1S/C12H13ClN2O5/c1-7-8(4-3-5-10(7)15(18)19)11(16)14-6-9(13)12(17)20-2/h3-5,9H,6H2,1-2H3,(H,14,16). The molecule has 0 saturated heterocycles. The summed E-state index contributed by atoms with van der Waals surface area (Å²) in [5, 5.41) is 12.2. The lowest BCUT2D eigenvalue weighted by Crippen LogP contribution is -2.34. The first-order valence-corrected chi connectivity index (χ1v) is 6.06. The molecule has 108 valence electrons. The molecule has 0 aliphatic carbocycles. The van der Waals surface area contributed by atoms with E-state index in [-0.39, 0.29) is 23.4 Å². The van der Waals surface area contributed by atoms with Crippen LogP contribution in [0.3, 0.4) is 0 Å². The van der Waals surface area contributed by atoms with Gasteiger partial charge in [0.1, 0.15) is 5.38 Å². The van der Waals surface area contributed by atoms with Gasteiger partial charge in [0.25, 0.3) is 11.6 Å². The summed E-state index contributed by atoms with van der Waals surface area (Å²) in [6, 6.07) is 4.18. The highest BCUT2D eigenvalue weighted by atomic mass is 35.5. The molecule has 7 nitrogen and oxygen atoms in total. The van der Waals surface area contributed by atoms with Gasteiger partial charge in [0.15, 0.2) is 0 Å². The Hall–Kier alpha value is -2.15. The molecule has 1 atom stereocenters. The zero-order valence-corrected chi connectivity index (χ0v) is 11.6. The third-order valence-corrected chi connectivity index (χ3v) is 2.98. The van der Waals surface area contributed by atoms with E-state index in [0.29, 0.717) is 0 Å². The summed E-state index contributed by atoms with van der Waals surface area (Å²) in [5.41, 5.74) is 0.264. The smallest absolute Gasteiger partial charge is 0.325 e. The van der Waals surface area contributed by atoms with Gasteiger partial charge in [-0.1, -0.05) is 6.07 Å². The fourth-order valence-corrected chi connectivity index (χ4v) is 1.72. The van der Waals surface area contributed by atoms with Gasteiger partial charge in [-0.2, -0.15) is 0 Å². The fourth-order valence-electron chi connectivity index (χ4n) is 1.56. The summed E-state index contributed by atoms with van der Waals surface area (Å²) in [7, 11) is 1.18. The number of amides is 1. The second-order valence-electron chi connectivity index (χ2n) is 3.91. The molecule has 20 heavy (non-hydrogen) atoms. The summed E-state index contributed by atoms with van der Waals surface area (Å²) >= 11 is 5.69. The molecule has 1 aromatic carbocycles. The number of rotatable bonds is 5. The molecule has 0 aliphatic rings. The van der Waals surface area contributed by atoms with Gasteiger partial charge in [-0.05, 0) is 13.0 Å². The lowest BCUT2D eigenvalue weighted by molar-refractivity contribution is -0.385. The van der Waals surface area contributed by atoms with Crippen LogP contribution in [0.25, 0.3) is 0 Å². The Labute approximate surface area is 120 Å². The Morgan fingerprint density at radius 1 is 1.50 bits per heavy atom. The first kappa shape index (κ1) is 15.9. The maximum Gasteiger partial charge on any atom is 0.325 e. The van der Waals surface area contributed by atoms with E-state index in [0.717, 1.165) is 0 Å². The van der Waals surface area contributed by atoms with Gasteiger partial charge in [0, 0.05) is 23.7 Å². The van der Waals surface area contributed by atoms with Crippen molar-refractivity contribution in [1.82, 2.24) is 5.32 Å². The quantitative estimate of drug-likeness (QED) is 0.384. The number of hydrogen-bond donors (Lipinski definition) is 1. The van der Waals surface area contributed by atoms with E-state index >= 15 is 0 Å². The molecule has 1 unspecified atom stereocenters. The number of nitro benzene ring substituents is 1. The number of esters is 1. The zero-order valence-electron chi connectivity index (χ0n) is 10.9. The minimum absolute atomic E-state index is 0.130. The molecule has 0 saturated carbocycles. The first-order chi connectivity index (χ1) is 9.38. The van der Waals surface area contributed by atoms with Crippen LogP contribution in [0.4, 0.5) is 5.69 Å². The van der Waals surface area contributed by atoms with E-state index in [9.17, 15) is 19.7 Å². The Bertz CT molecular complexity index is 547. The van der Waals surface area contributed by atoms with Gasteiger partial charge in [-0.15, -0.1) is 11.6 Å². The number of ether oxygens (including phenoxy) is 1. The predicted molar refractivity (Wildman–Crippen MR) is 71.8 cm³/mol. The van der Waals surface area contributed by atoms with Crippen molar-refractivity contribution >= 4 is 29.2 Å². The fraction of sp³-hybridized carbons (Fsp3) is 0.333. The van der Waals surface area contributed by atoms with Crippen LogP contribution in [-0.4, -0.2) is 35.8 Å². The van der Waals surface area contributed by atoms with Gasteiger partial charge >= 0.3 is 5.97 Å². The molecular formula is C12H13ClN2O5. The van der Waals surface area contributed by atoms with Gasteiger partial charge in [0.2, 0.25) is 0 Å². The summed E-state index contributed by atoms with van der Waals surface area (Å²) in [4.78, 5) is 33.2. The molecule has 0 radical (unpaired) electrons. The number of nitrogens with zero attached hydrogens (tertiary/aromatic N) is 1. The maximum absolute atomic E-state index is 11.9. The Balaban J connectivity index is 2.81. The Kier molecular flexibility index (Phi) is 5.45. The van der Waals surface area contributed by atoms with Crippen LogP contribution >= 0.6 is 11.6 Å². The van der Waals surface area contributed by atoms with Crippen molar-refractivity contribution < 1.29 is 19.2 Å². The molecule has 1 N–H and O–H groups in total. The Morgan fingerprint density at radius 3 is 2.70 bits per heavy atom. The highest BCUT2D eigenvalue weighted by Crippen LogP contribution is 2.20. The van der Waals surface area contributed by atoms with Crippen molar-refractivity contribution in [2.24, 2.45) is 0 Å². The van der Waals surface area contributed by atoms with E-state index in [4.69, 9.17) is 11.6 Å². The van der Waals surface area contributed by atoms with Crippen molar-refractivity contribution in [1.29, 1.82) is 0 Å². The van der Waals surface area contributed by atoms with Crippen LogP contribution in [0.15, 0.2) is 18.2 Å². The second kappa shape index (κ2) is 6.85. The van der Waals surface area contributed by atoms with Crippen molar-refractivity contribution in [3.63, 3.8) is 0 Å². The number of hydrogen-bond acceptors (Lipinski definition) is 5. The van der Waals surface area contributed by atoms with Crippen LogP contribution < -0.4 is 5.32 Å². The predicted octanol–water partition coefficient (Wildman–Crippen LogP) is 1.41. The molecular weight excluding hydrogens is 288 g/mol.